The van der Waals surface area contributed by atoms with Crippen LogP contribution in [0.1, 0.15) is 36.6 Å². The van der Waals surface area contributed by atoms with Crippen molar-refractivity contribution in [2.24, 2.45) is 0 Å². The van der Waals surface area contributed by atoms with Crippen LogP contribution in [0.5, 0.6) is 5.75 Å². The SMILES string of the molecule is Cc1cccc(C(CNS(=O)(=O)c2ccc(OC(C)C)c(C)c2)N2CCOCC2)c1. The summed E-state index contributed by atoms with van der Waals surface area (Å²) in [6, 6.07) is 13.2. The Hall–Kier alpha value is -1.93. The summed E-state index contributed by atoms with van der Waals surface area (Å²) in [5.74, 6) is 0.704. The maximum absolute atomic E-state index is 13.0. The molecule has 1 heterocycles. The fraction of sp³-hybridized carbons (Fsp3) is 0.478. The molecule has 1 aliphatic heterocycles. The molecule has 164 valence electrons. The zero-order valence-corrected chi connectivity index (χ0v) is 19.0. The smallest absolute Gasteiger partial charge is 0.240 e. The third-order valence-corrected chi connectivity index (χ3v) is 6.62. The summed E-state index contributed by atoms with van der Waals surface area (Å²) in [5, 5.41) is 0. The van der Waals surface area contributed by atoms with Crippen molar-refractivity contribution < 1.29 is 17.9 Å². The molecule has 6 nitrogen and oxygen atoms in total. The number of morpholine rings is 1. The molecule has 0 saturated carbocycles. The van der Waals surface area contributed by atoms with Gasteiger partial charge in [0.2, 0.25) is 10.0 Å². The molecule has 1 unspecified atom stereocenters. The normalized spacial score (nSPS) is 16.6. The quantitative estimate of drug-likeness (QED) is 0.692. The summed E-state index contributed by atoms with van der Waals surface area (Å²) in [6.07, 6.45) is 0.0351. The molecule has 0 aromatic heterocycles. The molecule has 2 aromatic rings. The van der Waals surface area contributed by atoms with Crippen molar-refractivity contribution in [1.82, 2.24) is 9.62 Å². The molecule has 0 aliphatic carbocycles. The fourth-order valence-electron chi connectivity index (χ4n) is 3.67. The van der Waals surface area contributed by atoms with E-state index in [4.69, 9.17) is 9.47 Å². The molecular weight excluding hydrogens is 400 g/mol. The maximum Gasteiger partial charge on any atom is 0.240 e. The zero-order valence-electron chi connectivity index (χ0n) is 18.2. The second-order valence-corrected chi connectivity index (χ2v) is 9.79. The summed E-state index contributed by atoms with van der Waals surface area (Å²) in [7, 11) is -3.64. The molecule has 1 fully saturated rings. The van der Waals surface area contributed by atoms with Crippen LogP contribution in [-0.2, 0) is 14.8 Å². The van der Waals surface area contributed by atoms with E-state index in [0.29, 0.717) is 25.5 Å². The van der Waals surface area contributed by atoms with Gasteiger partial charge in [-0.05, 0) is 57.0 Å². The van der Waals surface area contributed by atoms with Gasteiger partial charge in [-0.3, -0.25) is 4.90 Å². The van der Waals surface area contributed by atoms with Crippen molar-refractivity contribution in [3.63, 3.8) is 0 Å². The van der Waals surface area contributed by atoms with Gasteiger partial charge < -0.3 is 9.47 Å². The maximum atomic E-state index is 13.0. The number of benzene rings is 2. The lowest BCUT2D eigenvalue weighted by Gasteiger charge is -2.35. The van der Waals surface area contributed by atoms with Crippen molar-refractivity contribution in [1.29, 1.82) is 0 Å². The highest BCUT2D eigenvalue weighted by Crippen LogP contribution is 2.25. The Balaban J connectivity index is 1.79. The van der Waals surface area contributed by atoms with Crippen LogP contribution in [0.25, 0.3) is 0 Å². The number of nitrogens with one attached hydrogen (secondary N) is 1. The van der Waals surface area contributed by atoms with Crippen LogP contribution < -0.4 is 9.46 Å². The van der Waals surface area contributed by atoms with E-state index < -0.39 is 10.0 Å². The Morgan fingerprint density at radius 3 is 2.47 bits per heavy atom. The predicted molar refractivity (Wildman–Crippen MR) is 118 cm³/mol. The minimum absolute atomic E-state index is 0.0351. The monoisotopic (exact) mass is 432 g/mol. The molecular formula is C23H32N2O4S. The van der Waals surface area contributed by atoms with E-state index >= 15 is 0 Å². The summed E-state index contributed by atoms with van der Waals surface area (Å²) >= 11 is 0. The van der Waals surface area contributed by atoms with E-state index in [2.05, 4.69) is 21.8 Å². The Kier molecular flexibility index (Phi) is 7.52. The molecule has 0 amide bonds. The molecule has 1 N–H and O–H groups in total. The lowest BCUT2D eigenvalue weighted by Crippen LogP contribution is -2.43. The van der Waals surface area contributed by atoms with E-state index in [1.54, 1.807) is 18.2 Å². The first kappa shape index (κ1) is 22.7. The Morgan fingerprint density at radius 1 is 1.10 bits per heavy atom. The first-order valence-electron chi connectivity index (χ1n) is 10.4. The number of rotatable bonds is 8. The number of nitrogens with zero attached hydrogens (tertiary/aromatic N) is 1. The van der Waals surface area contributed by atoms with Crippen molar-refractivity contribution in [2.45, 2.75) is 44.7 Å². The van der Waals surface area contributed by atoms with Gasteiger partial charge in [0.05, 0.1) is 24.2 Å². The molecule has 0 bridgehead atoms. The highest BCUT2D eigenvalue weighted by molar-refractivity contribution is 7.89. The molecule has 3 rings (SSSR count). The predicted octanol–water partition coefficient (Wildman–Crippen LogP) is 3.44. The lowest BCUT2D eigenvalue weighted by molar-refractivity contribution is 0.0172. The van der Waals surface area contributed by atoms with Crippen LogP contribution in [0.15, 0.2) is 47.4 Å². The largest absolute Gasteiger partial charge is 0.491 e. The molecule has 2 aromatic carbocycles. The van der Waals surface area contributed by atoms with Crippen LogP contribution in [-0.4, -0.2) is 52.3 Å². The third kappa shape index (κ3) is 5.82. The Morgan fingerprint density at radius 2 is 1.83 bits per heavy atom. The minimum Gasteiger partial charge on any atom is -0.491 e. The lowest BCUT2D eigenvalue weighted by atomic mass is 10.0. The molecule has 30 heavy (non-hydrogen) atoms. The number of hydrogen-bond donors (Lipinski definition) is 1. The van der Waals surface area contributed by atoms with Gasteiger partial charge >= 0.3 is 0 Å². The van der Waals surface area contributed by atoms with Crippen LogP contribution in [0.3, 0.4) is 0 Å². The molecule has 1 aliphatic rings. The molecule has 0 radical (unpaired) electrons. The van der Waals surface area contributed by atoms with Gasteiger partial charge in [-0.25, -0.2) is 13.1 Å². The average Bonchev–Trinajstić information content (AvgIpc) is 2.70. The Bertz CT molecular complexity index is 953. The van der Waals surface area contributed by atoms with Crippen molar-refractivity contribution in [3.8, 4) is 5.75 Å². The van der Waals surface area contributed by atoms with Gasteiger partial charge in [0.1, 0.15) is 5.75 Å². The molecule has 1 atom stereocenters. The van der Waals surface area contributed by atoms with E-state index in [1.807, 2.05) is 39.8 Å². The second-order valence-electron chi connectivity index (χ2n) is 8.02. The number of ether oxygens (including phenoxy) is 2. The first-order valence-corrected chi connectivity index (χ1v) is 11.9. The number of hydrogen-bond acceptors (Lipinski definition) is 5. The van der Waals surface area contributed by atoms with Gasteiger partial charge in [-0.2, -0.15) is 0 Å². The van der Waals surface area contributed by atoms with Crippen molar-refractivity contribution in [3.05, 3.63) is 59.2 Å². The van der Waals surface area contributed by atoms with Crippen LogP contribution in [0.4, 0.5) is 0 Å². The molecule has 1 saturated heterocycles. The van der Waals surface area contributed by atoms with Gasteiger partial charge in [0, 0.05) is 25.7 Å². The standard InChI is InChI=1S/C23H32N2O4S/c1-17(2)29-23-9-8-21(15-19(23)4)30(26,27)24-16-22(25-10-12-28-13-11-25)20-7-5-6-18(3)14-20/h5-9,14-15,17,22,24H,10-13,16H2,1-4H3. The van der Waals surface area contributed by atoms with Crippen molar-refractivity contribution in [2.75, 3.05) is 32.8 Å². The van der Waals surface area contributed by atoms with Gasteiger partial charge in [-0.15, -0.1) is 0 Å². The first-order chi connectivity index (χ1) is 14.3. The average molecular weight is 433 g/mol. The van der Waals surface area contributed by atoms with Crippen LogP contribution in [0, 0.1) is 13.8 Å². The number of aryl methyl sites for hydroxylation is 2. The van der Waals surface area contributed by atoms with Crippen molar-refractivity contribution >= 4 is 10.0 Å². The van der Waals surface area contributed by atoms with Crippen LogP contribution >= 0.6 is 0 Å². The summed E-state index contributed by atoms with van der Waals surface area (Å²) in [5.41, 5.74) is 3.07. The highest BCUT2D eigenvalue weighted by Gasteiger charge is 2.25. The van der Waals surface area contributed by atoms with E-state index in [-0.39, 0.29) is 17.0 Å². The van der Waals surface area contributed by atoms with Gasteiger partial charge in [0.15, 0.2) is 0 Å². The van der Waals surface area contributed by atoms with E-state index in [1.165, 1.54) is 0 Å². The zero-order chi connectivity index (χ0) is 21.7. The topological polar surface area (TPSA) is 67.9 Å². The summed E-state index contributed by atoms with van der Waals surface area (Å²) in [4.78, 5) is 2.53. The summed E-state index contributed by atoms with van der Waals surface area (Å²) < 4.78 is 40.1. The van der Waals surface area contributed by atoms with Gasteiger partial charge in [0.25, 0.3) is 0 Å². The highest BCUT2D eigenvalue weighted by atomic mass is 32.2. The van der Waals surface area contributed by atoms with Crippen LogP contribution in [0.2, 0.25) is 0 Å². The number of sulfonamides is 1. The third-order valence-electron chi connectivity index (χ3n) is 5.20. The summed E-state index contributed by atoms with van der Waals surface area (Å²) in [6.45, 7) is 11.0. The van der Waals surface area contributed by atoms with E-state index in [0.717, 1.165) is 29.8 Å². The molecule has 0 spiro atoms. The second kappa shape index (κ2) is 9.92. The van der Waals surface area contributed by atoms with E-state index in [9.17, 15) is 8.42 Å². The van der Waals surface area contributed by atoms with Gasteiger partial charge in [-0.1, -0.05) is 29.8 Å². The minimum atomic E-state index is -3.64. The fourth-order valence-corrected chi connectivity index (χ4v) is 4.79. The molecule has 7 heteroatoms. The Labute approximate surface area is 180 Å².